The van der Waals surface area contributed by atoms with E-state index in [0.29, 0.717) is 23.6 Å². The Labute approximate surface area is 203 Å². The largest absolute Gasteiger partial charge is 0.355 e. The summed E-state index contributed by atoms with van der Waals surface area (Å²) in [7, 11) is -3.88. The molecule has 0 heterocycles. The molecule has 2 aromatic rings. The molecule has 0 fully saturated rings. The Kier molecular flexibility index (Phi) is 9.51. The van der Waals surface area contributed by atoms with Crippen molar-refractivity contribution in [1.82, 2.24) is 10.2 Å². The third kappa shape index (κ3) is 7.31. The number of benzene rings is 2. The van der Waals surface area contributed by atoms with Crippen molar-refractivity contribution in [2.45, 2.75) is 32.9 Å². The van der Waals surface area contributed by atoms with Gasteiger partial charge in [-0.2, -0.15) is 0 Å². The van der Waals surface area contributed by atoms with Crippen LogP contribution in [0.3, 0.4) is 0 Å². The van der Waals surface area contributed by atoms with Gasteiger partial charge in [-0.05, 0) is 55.3 Å². The Bertz CT molecular complexity index is 1100. The van der Waals surface area contributed by atoms with Crippen molar-refractivity contribution in [3.8, 4) is 0 Å². The standard InChI is InChI=1S/C22H26Cl2FN3O4S/c1-4-20(22(30)26-5-2)27(13-15-6-11-18(23)19(24)12-15)21(29)14-28(33(3,31)32)17-9-7-16(25)8-10-17/h6-12,20H,4-5,13-14H2,1-3H3,(H,26,30)/t20-/m0/s1. The van der Waals surface area contributed by atoms with Crippen molar-refractivity contribution < 1.29 is 22.4 Å². The topological polar surface area (TPSA) is 86.8 Å². The van der Waals surface area contributed by atoms with Gasteiger partial charge in [-0.3, -0.25) is 13.9 Å². The highest BCUT2D eigenvalue weighted by molar-refractivity contribution is 7.92. The third-order valence-electron chi connectivity index (χ3n) is 4.87. The number of amides is 2. The van der Waals surface area contributed by atoms with Crippen LogP contribution >= 0.6 is 23.2 Å². The van der Waals surface area contributed by atoms with Crippen molar-refractivity contribution in [2.75, 3.05) is 23.7 Å². The summed E-state index contributed by atoms with van der Waals surface area (Å²) in [6, 6.07) is 8.75. The quantitative estimate of drug-likeness (QED) is 0.518. The highest BCUT2D eigenvalue weighted by Crippen LogP contribution is 2.25. The minimum atomic E-state index is -3.88. The maximum atomic E-state index is 13.4. The lowest BCUT2D eigenvalue weighted by atomic mass is 10.1. The smallest absolute Gasteiger partial charge is 0.244 e. The average Bonchev–Trinajstić information content (AvgIpc) is 2.74. The fourth-order valence-corrected chi connectivity index (χ4v) is 4.44. The number of anilines is 1. The number of sulfonamides is 1. The molecule has 11 heteroatoms. The molecule has 7 nitrogen and oxygen atoms in total. The summed E-state index contributed by atoms with van der Waals surface area (Å²) in [6.07, 6.45) is 1.25. The number of likely N-dealkylation sites (N-methyl/N-ethyl adjacent to an activating group) is 1. The van der Waals surface area contributed by atoms with Crippen molar-refractivity contribution >= 4 is 50.7 Å². The first-order valence-corrected chi connectivity index (χ1v) is 12.8. The molecule has 0 bridgehead atoms. The van der Waals surface area contributed by atoms with Gasteiger partial charge >= 0.3 is 0 Å². The molecule has 180 valence electrons. The van der Waals surface area contributed by atoms with E-state index < -0.39 is 34.3 Å². The first-order chi connectivity index (χ1) is 15.5. The van der Waals surface area contributed by atoms with Gasteiger partial charge in [-0.25, -0.2) is 12.8 Å². The van der Waals surface area contributed by atoms with Crippen LogP contribution < -0.4 is 9.62 Å². The third-order valence-corrected chi connectivity index (χ3v) is 6.75. The van der Waals surface area contributed by atoms with E-state index in [0.717, 1.165) is 22.7 Å². The van der Waals surface area contributed by atoms with Crippen LogP contribution in [0.2, 0.25) is 10.0 Å². The predicted molar refractivity (Wildman–Crippen MR) is 128 cm³/mol. The van der Waals surface area contributed by atoms with Gasteiger partial charge in [-0.1, -0.05) is 36.2 Å². The minimum absolute atomic E-state index is 0.00633. The Morgan fingerprint density at radius 2 is 1.70 bits per heavy atom. The second-order valence-corrected chi connectivity index (χ2v) is 10.1. The first kappa shape index (κ1) is 26.9. The molecule has 2 aromatic carbocycles. The molecule has 0 radical (unpaired) electrons. The lowest BCUT2D eigenvalue weighted by Gasteiger charge is -2.32. The van der Waals surface area contributed by atoms with Gasteiger partial charge in [0.15, 0.2) is 0 Å². The summed E-state index contributed by atoms with van der Waals surface area (Å²) < 4.78 is 39.1. The number of nitrogens with one attached hydrogen (secondary N) is 1. The molecule has 2 rings (SSSR count). The van der Waals surface area contributed by atoms with Crippen LogP contribution in [0.15, 0.2) is 42.5 Å². The average molecular weight is 518 g/mol. The Morgan fingerprint density at radius 3 is 2.21 bits per heavy atom. The molecule has 1 N–H and O–H groups in total. The predicted octanol–water partition coefficient (Wildman–Crippen LogP) is 3.84. The molecule has 0 aliphatic rings. The zero-order valence-electron chi connectivity index (χ0n) is 18.5. The molecule has 0 unspecified atom stereocenters. The van der Waals surface area contributed by atoms with Gasteiger partial charge in [0.1, 0.15) is 18.4 Å². The maximum absolute atomic E-state index is 13.4. The molecule has 0 spiro atoms. The first-order valence-electron chi connectivity index (χ1n) is 10.2. The molecule has 0 saturated heterocycles. The lowest BCUT2D eigenvalue weighted by molar-refractivity contribution is -0.140. The van der Waals surface area contributed by atoms with Crippen LogP contribution in [0.1, 0.15) is 25.8 Å². The lowest BCUT2D eigenvalue weighted by Crippen LogP contribution is -2.52. The zero-order valence-corrected chi connectivity index (χ0v) is 20.8. The molecule has 0 aliphatic heterocycles. The van der Waals surface area contributed by atoms with Crippen LogP contribution in [-0.2, 0) is 26.2 Å². The van der Waals surface area contributed by atoms with Crippen molar-refractivity contribution in [3.05, 3.63) is 63.9 Å². The van der Waals surface area contributed by atoms with Crippen molar-refractivity contribution in [2.24, 2.45) is 0 Å². The van der Waals surface area contributed by atoms with E-state index in [2.05, 4.69) is 5.32 Å². The summed E-state index contributed by atoms with van der Waals surface area (Å²) in [5, 5.41) is 3.34. The number of nitrogens with zero attached hydrogens (tertiary/aromatic N) is 2. The van der Waals surface area contributed by atoms with Crippen LogP contribution in [0, 0.1) is 5.82 Å². The number of rotatable bonds is 10. The van der Waals surface area contributed by atoms with E-state index in [4.69, 9.17) is 23.2 Å². The fourth-order valence-electron chi connectivity index (χ4n) is 3.27. The molecular formula is C22H26Cl2FN3O4S. The van der Waals surface area contributed by atoms with Crippen molar-refractivity contribution in [3.63, 3.8) is 0 Å². The van der Waals surface area contributed by atoms with Crippen LogP contribution in [0.5, 0.6) is 0 Å². The van der Waals surface area contributed by atoms with E-state index >= 15 is 0 Å². The van der Waals surface area contributed by atoms with Gasteiger partial charge in [-0.15, -0.1) is 0 Å². The second-order valence-electron chi connectivity index (χ2n) is 7.33. The number of carbonyl (C=O) groups is 2. The van der Waals surface area contributed by atoms with Crippen LogP contribution in [-0.4, -0.2) is 50.5 Å². The molecular weight excluding hydrogens is 492 g/mol. The van der Waals surface area contributed by atoms with Gasteiger partial charge < -0.3 is 10.2 Å². The van der Waals surface area contributed by atoms with Gasteiger partial charge in [0.05, 0.1) is 22.0 Å². The SMILES string of the molecule is CCNC(=O)[C@H](CC)N(Cc1ccc(Cl)c(Cl)c1)C(=O)CN(c1ccc(F)cc1)S(C)(=O)=O. The number of carbonyl (C=O) groups excluding carboxylic acids is 2. The molecule has 2 amide bonds. The molecule has 0 saturated carbocycles. The van der Waals surface area contributed by atoms with E-state index in [1.165, 1.54) is 17.0 Å². The van der Waals surface area contributed by atoms with E-state index in [1.54, 1.807) is 32.0 Å². The highest BCUT2D eigenvalue weighted by atomic mass is 35.5. The molecule has 0 aliphatic carbocycles. The summed E-state index contributed by atoms with van der Waals surface area (Å²) in [6.45, 7) is 3.32. The normalized spacial score (nSPS) is 12.2. The maximum Gasteiger partial charge on any atom is 0.244 e. The van der Waals surface area contributed by atoms with Gasteiger partial charge in [0.2, 0.25) is 21.8 Å². The van der Waals surface area contributed by atoms with Crippen molar-refractivity contribution in [1.29, 1.82) is 0 Å². The fraction of sp³-hybridized carbons (Fsp3) is 0.364. The van der Waals surface area contributed by atoms with E-state index in [-0.39, 0.29) is 23.2 Å². The highest BCUT2D eigenvalue weighted by Gasteiger charge is 2.31. The monoisotopic (exact) mass is 517 g/mol. The van der Waals surface area contributed by atoms with Gasteiger partial charge in [0, 0.05) is 13.1 Å². The number of hydrogen-bond donors (Lipinski definition) is 1. The molecule has 0 aromatic heterocycles. The van der Waals surface area contributed by atoms with E-state index in [9.17, 15) is 22.4 Å². The summed E-state index contributed by atoms with van der Waals surface area (Å²) in [5.74, 6) is -1.50. The Balaban J connectivity index is 2.44. The zero-order chi connectivity index (χ0) is 24.8. The minimum Gasteiger partial charge on any atom is -0.355 e. The molecule has 33 heavy (non-hydrogen) atoms. The molecule has 1 atom stereocenters. The van der Waals surface area contributed by atoms with Crippen LogP contribution in [0.4, 0.5) is 10.1 Å². The summed E-state index contributed by atoms with van der Waals surface area (Å²) >= 11 is 12.1. The van der Waals surface area contributed by atoms with E-state index in [1.807, 2.05) is 0 Å². The Hall–Kier alpha value is -2.36. The van der Waals surface area contributed by atoms with Gasteiger partial charge in [0.25, 0.3) is 0 Å². The second kappa shape index (κ2) is 11.7. The number of halogens is 3. The number of hydrogen-bond acceptors (Lipinski definition) is 4. The Morgan fingerprint density at radius 1 is 1.06 bits per heavy atom. The van der Waals surface area contributed by atoms with Crippen LogP contribution in [0.25, 0.3) is 0 Å². The summed E-state index contributed by atoms with van der Waals surface area (Å²) in [5.41, 5.74) is 0.751. The summed E-state index contributed by atoms with van der Waals surface area (Å²) in [4.78, 5) is 27.4.